The second kappa shape index (κ2) is 5.82. The summed E-state index contributed by atoms with van der Waals surface area (Å²) in [4.78, 5) is 12.0. The van der Waals surface area contributed by atoms with Gasteiger partial charge in [0.05, 0.1) is 5.92 Å². The third-order valence-corrected chi connectivity index (χ3v) is 2.89. The van der Waals surface area contributed by atoms with Crippen LogP contribution in [0.2, 0.25) is 0 Å². The van der Waals surface area contributed by atoms with E-state index in [4.69, 9.17) is 5.11 Å². The van der Waals surface area contributed by atoms with Crippen molar-refractivity contribution in [3.63, 3.8) is 0 Å². The molecule has 3 nitrogen and oxygen atoms in total. The van der Waals surface area contributed by atoms with E-state index in [-0.39, 0.29) is 24.0 Å². The highest BCUT2D eigenvalue weighted by Gasteiger charge is 2.23. The normalized spacial score (nSPS) is 13.2. The summed E-state index contributed by atoms with van der Waals surface area (Å²) < 4.78 is 0. The topological polar surface area (TPSA) is 49.3 Å². The Balaban J connectivity index is 2.65. The highest BCUT2D eigenvalue weighted by molar-refractivity contribution is 5.83. The predicted octanol–water partition coefficient (Wildman–Crippen LogP) is 2.07. The SMILES string of the molecule is CC(C(=O)NC(C)(C)CCO)c1ccccc1. The van der Waals surface area contributed by atoms with E-state index in [2.05, 4.69) is 5.32 Å². The standard InChI is InChI=1S/C14H21NO2/c1-11(12-7-5-4-6-8-12)13(17)15-14(2,3)9-10-16/h4-8,11,16H,9-10H2,1-3H3,(H,15,17). The third-order valence-electron chi connectivity index (χ3n) is 2.89. The maximum atomic E-state index is 12.0. The van der Waals surface area contributed by atoms with Crippen molar-refractivity contribution in [1.29, 1.82) is 0 Å². The summed E-state index contributed by atoms with van der Waals surface area (Å²) in [6, 6.07) is 9.69. The Hall–Kier alpha value is -1.35. The van der Waals surface area contributed by atoms with Crippen molar-refractivity contribution in [3.05, 3.63) is 35.9 Å². The molecule has 1 rings (SSSR count). The molecule has 17 heavy (non-hydrogen) atoms. The van der Waals surface area contributed by atoms with E-state index in [1.807, 2.05) is 51.1 Å². The van der Waals surface area contributed by atoms with Crippen LogP contribution in [0.4, 0.5) is 0 Å². The third kappa shape index (κ3) is 4.19. The fraction of sp³-hybridized carbons (Fsp3) is 0.500. The number of amides is 1. The van der Waals surface area contributed by atoms with Gasteiger partial charge in [-0.05, 0) is 32.8 Å². The predicted molar refractivity (Wildman–Crippen MR) is 68.8 cm³/mol. The molecule has 1 unspecified atom stereocenters. The van der Waals surface area contributed by atoms with Gasteiger partial charge in [0, 0.05) is 12.1 Å². The minimum Gasteiger partial charge on any atom is -0.396 e. The number of rotatable bonds is 5. The molecular formula is C14H21NO2. The minimum atomic E-state index is -0.366. The van der Waals surface area contributed by atoms with Crippen LogP contribution in [0, 0.1) is 0 Å². The summed E-state index contributed by atoms with van der Waals surface area (Å²) in [6.45, 7) is 5.80. The van der Waals surface area contributed by atoms with Gasteiger partial charge in [-0.1, -0.05) is 30.3 Å². The summed E-state index contributed by atoms with van der Waals surface area (Å²) in [5.74, 6) is -0.177. The van der Waals surface area contributed by atoms with Crippen LogP contribution in [0.25, 0.3) is 0 Å². The fourth-order valence-electron chi connectivity index (χ4n) is 1.68. The summed E-state index contributed by atoms with van der Waals surface area (Å²) in [6.07, 6.45) is 0.556. The van der Waals surface area contributed by atoms with Gasteiger partial charge in [-0.15, -0.1) is 0 Å². The first kappa shape index (κ1) is 13.7. The van der Waals surface area contributed by atoms with Crippen LogP contribution < -0.4 is 5.32 Å². The first-order valence-electron chi connectivity index (χ1n) is 5.94. The van der Waals surface area contributed by atoms with Crippen LogP contribution in [0.1, 0.15) is 38.7 Å². The molecule has 3 heteroatoms. The van der Waals surface area contributed by atoms with Crippen LogP contribution in [0.5, 0.6) is 0 Å². The van der Waals surface area contributed by atoms with Crippen LogP contribution >= 0.6 is 0 Å². The molecular weight excluding hydrogens is 214 g/mol. The Morgan fingerprint density at radius 1 is 1.35 bits per heavy atom. The molecule has 0 spiro atoms. The molecule has 94 valence electrons. The molecule has 0 saturated heterocycles. The zero-order valence-electron chi connectivity index (χ0n) is 10.7. The van der Waals surface area contributed by atoms with Gasteiger partial charge in [0.25, 0.3) is 0 Å². The Morgan fingerprint density at radius 2 is 1.94 bits per heavy atom. The highest BCUT2D eigenvalue weighted by Crippen LogP contribution is 2.17. The van der Waals surface area contributed by atoms with E-state index < -0.39 is 0 Å². The summed E-state index contributed by atoms with van der Waals surface area (Å²) in [5.41, 5.74) is 0.638. The number of hydrogen-bond donors (Lipinski definition) is 2. The molecule has 0 aromatic heterocycles. The fourth-order valence-corrected chi connectivity index (χ4v) is 1.68. The molecule has 0 aliphatic heterocycles. The van der Waals surface area contributed by atoms with Crippen molar-refractivity contribution in [2.45, 2.75) is 38.6 Å². The maximum Gasteiger partial charge on any atom is 0.227 e. The lowest BCUT2D eigenvalue weighted by Gasteiger charge is -2.27. The number of benzene rings is 1. The molecule has 0 aliphatic rings. The average molecular weight is 235 g/mol. The van der Waals surface area contributed by atoms with Crippen LogP contribution in [0.15, 0.2) is 30.3 Å². The molecule has 1 aromatic carbocycles. The molecule has 0 bridgehead atoms. The minimum absolute atomic E-state index is 0.00495. The number of hydrogen-bond acceptors (Lipinski definition) is 2. The second-order valence-corrected chi connectivity index (χ2v) is 4.98. The summed E-state index contributed by atoms with van der Waals surface area (Å²) in [7, 11) is 0. The summed E-state index contributed by atoms with van der Waals surface area (Å²) in [5, 5.41) is 11.9. The largest absolute Gasteiger partial charge is 0.396 e. The number of aliphatic hydroxyl groups excluding tert-OH is 1. The van der Waals surface area contributed by atoms with Crippen LogP contribution in [-0.2, 0) is 4.79 Å². The van der Waals surface area contributed by atoms with Gasteiger partial charge in [-0.3, -0.25) is 4.79 Å². The van der Waals surface area contributed by atoms with Gasteiger partial charge in [0.1, 0.15) is 0 Å². The molecule has 0 aliphatic carbocycles. The second-order valence-electron chi connectivity index (χ2n) is 4.98. The Morgan fingerprint density at radius 3 is 2.47 bits per heavy atom. The molecule has 0 heterocycles. The van der Waals surface area contributed by atoms with E-state index >= 15 is 0 Å². The Bertz CT molecular complexity index is 360. The van der Waals surface area contributed by atoms with Crippen LogP contribution in [-0.4, -0.2) is 23.2 Å². The summed E-state index contributed by atoms with van der Waals surface area (Å²) >= 11 is 0. The van der Waals surface area contributed by atoms with Gasteiger partial charge in [-0.2, -0.15) is 0 Å². The molecule has 0 saturated carbocycles. The average Bonchev–Trinajstić information content (AvgIpc) is 2.28. The van der Waals surface area contributed by atoms with Gasteiger partial charge in [0.2, 0.25) is 5.91 Å². The van der Waals surface area contributed by atoms with Crippen molar-refractivity contribution in [2.24, 2.45) is 0 Å². The van der Waals surface area contributed by atoms with Crippen molar-refractivity contribution in [3.8, 4) is 0 Å². The molecule has 1 atom stereocenters. The molecule has 2 N–H and O–H groups in total. The van der Waals surface area contributed by atoms with Crippen molar-refractivity contribution >= 4 is 5.91 Å². The van der Waals surface area contributed by atoms with Crippen LogP contribution in [0.3, 0.4) is 0 Å². The Kier molecular flexibility index (Phi) is 4.70. The van der Waals surface area contributed by atoms with Gasteiger partial charge in [-0.25, -0.2) is 0 Å². The first-order chi connectivity index (χ1) is 7.96. The van der Waals surface area contributed by atoms with E-state index in [9.17, 15) is 4.79 Å². The number of nitrogens with one attached hydrogen (secondary N) is 1. The van der Waals surface area contributed by atoms with E-state index in [1.165, 1.54) is 0 Å². The first-order valence-corrected chi connectivity index (χ1v) is 5.94. The monoisotopic (exact) mass is 235 g/mol. The maximum absolute atomic E-state index is 12.0. The zero-order chi connectivity index (χ0) is 12.9. The Labute approximate surface area is 103 Å². The lowest BCUT2D eigenvalue weighted by atomic mass is 9.96. The number of carbonyl (C=O) groups is 1. The molecule has 0 fully saturated rings. The number of aliphatic hydroxyl groups is 1. The lowest BCUT2D eigenvalue weighted by Crippen LogP contribution is -2.45. The van der Waals surface area contributed by atoms with Crippen molar-refractivity contribution in [2.75, 3.05) is 6.61 Å². The smallest absolute Gasteiger partial charge is 0.227 e. The lowest BCUT2D eigenvalue weighted by molar-refractivity contribution is -0.123. The molecule has 1 aromatic rings. The van der Waals surface area contributed by atoms with Gasteiger partial charge >= 0.3 is 0 Å². The number of carbonyl (C=O) groups excluding carboxylic acids is 1. The molecule has 1 amide bonds. The highest BCUT2D eigenvalue weighted by atomic mass is 16.3. The van der Waals surface area contributed by atoms with E-state index in [1.54, 1.807) is 0 Å². The van der Waals surface area contributed by atoms with E-state index in [0.29, 0.717) is 6.42 Å². The van der Waals surface area contributed by atoms with Gasteiger partial charge < -0.3 is 10.4 Å². The van der Waals surface area contributed by atoms with Crippen molar-refractivity contribution < 1.29 is 9.90 Å². The van der Waals surface area contributed by atoms with Gasteiger partial charge in [0.15, 0.2) is 0 Å². The van der Waals surface area contributed by atoms with Crippen molar-refractivity contribution in [1.82, 2.24) is 5.32 Å². The molecule has 0 radical (unpaired) electrons. The zero-order valence-corrected chi connectivity index (χ0v) is 10.7. The van der Waals surface area contributed by atoms with E-state index in [0.717, 1.165) is 5.56 Å². The quantitative estimate of drug-likeness (QED) is 0.820.